The van der Waals surface area contributed by atoms with Crippen LogP contribution in [0.1, 0.15) is 38.7 Å². The highest BCUT2D eigenvalue weighted by atomic mass is 79.9. The summed E-state index contributed by atoms with van der Waals surface area (Å²) in [5.74, 6) is 0.288. The van der Waals surface area contributed by atoms with E-state index in [1.807, 2.05) is 26.0 Å². The lowest BCUT2D eigenvalue weighted by Crippen LogP contribution is -2.41. The topological polar surface area (TPSA) is 83.8 Å². The van der Waals surface area contributed by atoms with E-state index in [1.54, 1.807) is 12.1 Å². The second-order valence-corrected chi connectivity index (χ2v) is 10.4. The fraction of sp³-hybridized carbons (Fsp3) is 0.474. The fourth-order valence-corrected chi connectivity index (χ4v) is 6.52. The molecular formula is C19H24BBrO5S. The zero-order valence-electron chi connectivity index (χ0n) is 15.5. The second-order valence-electron chi connectivity index (χ2n) is 7.26. The summed E-state index contributed by atoms with van der Waals surface area (Å²) in [5, 5.41) is 19.4. The third-order valence-corrected chi connectivity index (χ3v) is 7.82. The summed E-state index contributed by atoms with van der Waals surface area (Å²) in [4.78, 5) is 0. The summed E-state index contributed by atoms with van der Waals surface area (Å²) < 4.78 is 31.5. The number of hydrogen-bond donors (Lipinski definition) is 2. The van der Waals surface area contributed by atoms with E-state index >= 15 is 0 Å². The molecule has 0 saturated carbocycles. The summed E-state index contributed by atoms with van der Waals surface area (Å²) in [6.07, 6.45) is 3.61. The summed E-state index contributed by atoms with van der Waals surface area (Å²) in [6.45, 7) is 3.93. The molecule has 1 aromatic rings. The normalized spacial score (nSPS) is 25.0. The highest BCUT2D eigenvalue weighted by Gasteiger charge is 2.47. The van der Waals surface area contributed by atoms with Crippen LogP contribution >= 0.6 is 15.9 Å². The lowest BCUT2D eigenvalue weighted by Gasteiger charge is -2.32. The Morgan fingerprint density at radius 1 is 1.44 bits per heavy atom. The van der Waals surface area contributed by atoms with Crippen LogP contribution in [-0.4, -0.2) is 42.8 Å². The first kappa shape index (κ1) is 20.6. The van der Waals surface area contributed by atoms with Gasteiger partial charge in [0, 0.05) is 16.4 Å². The first-order valence-electron chi connectivity index (χ1n) is 9.14. The van der Waals surface area contributed by atoms with E-state index in [0.717, 1.165) is 26.8 Å². The lowest BCUT2D eigenvalue weighted by atomic mass is 9.74. The van der Waals surface area contributed by atoms with Crippen molar-refractivity contribution in [2.24, 2.45) is 0 Å². The Morgan fingerprint density at radius 2 is 2.19 bits per heavy atom. The number of halogens is 1. The molecule has 1 aromatic carbocycles. The highest BCUT2D eigenvalue weighted by molar-refractivity contribution is 9.10. The number of allylic oxidation sites excluding steroid dienone is 1. The van der Waals surface area contributed by atoms with E-state index in [-0.39, 0.29) is 23.9 Å². The van der Waals surface area contributed by atoms with Crippen LogP contribution in [-0.2, 0) is 14.5 Å². The van der Waals surface area contributed by atoms with Crippen LogP contribution in [0.4, 0.5) is 0 Å². The minimum Gasteiger partial charge on any atom is -0.507 e. The number of sulfone groups is 1. The van der Waals surface area contributed by atoms with Crippen LogP contribution in [0.15, 0.2) is 39.4 Å². The van der Waals surface area contributed by atoms with E-state index in [2.05, 4.69) is 15.9 Å². The zero-order valence-corrected chi connectivity index (χ0v) is 17.9. The predicted octanol–water partition coefficient (Wildman–Crippen LogP) is 3.72. The number of phenols is 1. The Bertz CT molecular complexity index is 893. The molecule has 8 heteroatoms. The molecule has 0 aromatic heterocycles. The van der Waals surface area contributed by atoms with Gasteiger partial charge in [0.2, 0.25) is 0 Å². The Labute approximate surface area is 169 Å². The largest absolute Gasteiger partial charge is 0.507 e. The molecule has 3 rings (SSSR count). The number of fused-ring (bicyclic) bond motifs is 1. The molecule has 2 aliphatic rings. The molecule has 0 aliphatic carbocycles. The molecular weight excluding hydrogens is 431 g/mol. The van der Waals surface area contributed by atoms with E-state index < -0.39 is 22.2 Å². The first-order chi connectivity index (χ1) is 12.7. The smallest absolute Gasteiger partial charge is 0.456 e. The highest BCUT2D eigenvalue weighted by Crippen LogP contribution is 2.40. The molecule has 2 atom stereocenters. The number of phenolic OH excluding ortho intramolecular Hbond substituents is 1. The third kappa shape index (κ3) is 4.50. The van der Waals surface area contributed by atoms with Gasteiger partial charge in [-0.1, -0.05) is 40.1 Å². The average Bonchev–Trinajstić information content (AvgIpc) is 2.86. The maximum atomic E-state index is 12.5. The fourth-order valence-electron chi connectivity index (χ4n) is 3.93. The number of benzene rings is 1. The summed E-state index contributed by atoms with van der Waals surface area (Å²) in [5.41, 5.74) is 3.56. The van der Waals surface area contributed by atoms with Crippen LogP contribution in [0.2, 0.25) is 6.32 Å². The van der Waals surface area contributed by atoms with Crippen LogP contribution in [0, 0.1) is 0 Å². The van der Waals surface area contributed by atoms with E-state index in [0.29, 0.717) is 19.3 Å². The molecule has 0 unspecified atom stereocenters. The van der Waals surface area contributed by atoms with Crippen LogP contribution in [0.25, 0.3) is 6.08 Å². The van der Waals surface area contributed by atoms with Crippen molar-refractivity contribution in [3.8, 4) is 5.75 Å². The summed E-state index contributed by atoms with van der Waals surface area (Å²) >= 11 is 3.40. The molecule has 5 nitrogen and oxygen atoms in total. The van der Waals surface area contributed by atoms with Crippen molar-refractivity contribution < 1.29 is 23.2 Å². The Balaban J connectivity index is 1.78. The van der Waals surface area contributed by atoms with Gasteiger partial charge in [-0.15, -0.1) is 0 Å². The molecule has 1 saturated heterocycles. The van der Waals surface area contributed by atoms with Crippen LogP contribution in [0.3, 0.4) is 0 Å². The van der Waals surface area contributed by atoms with E-state index in [4.69, 9.17) is 4.65 Å². The second kappa shape index (κ2) is 8.11. The van der Waals surface area contributed by atoms with Crippen LogP contribution in [0.5, 0.6) is 5.75 Å². The Kier molecular flexibility index (Phi) is 6.20. The molecule has 0 radical (unpaired) electrons. The lowest BCUT2D eigenvalue weighted by molar-refractivity contribution is 0.169. The Hall–Kier alpha value is -1.09. The average molecular weight is 455 g/mol. The monoisotopic (exact) mass is 454 g/mol. The zero-order chi connectivity index (χ0) is 19.8. The quantitative estimate of drug-likeness (QED) is 0.523. The van der Waals surface area contributed by atoms with Gasteiger partial charge >= 0.3 is 7.12 Å². The molecule has 2 heterocycles. The molecule has 27 heavy (non-hydrogen) atoms. The maximum absolute atomic E-state index is 12.5. The summed E-state index contributed by atoms with van der Waals surface area (Å²) in [6, 6.07) is 5.26. The van der Waals surface area contributed by atoms with Crippen molar-refractivity contribution >= 4 is 39.0 Å². The summed E-state index contributed by atoms with van der Waals surface area (Å²) in [7, 11) is -4.29. The standard InChI is InChI=1S/C19H24BBrO5S/c1-3-13-11-27(24,25)18-10-20(23)26-17(19(13)18)7-4-12(2)8-14-9-15(21)5-6-16(14)22/h5-6,8-9,17-18,22-23H,3-4,7,10-11H2,1-2H3/b12-8+/t17-,18+/m1/s1. The van der Waals surface area contributed by atoms with Crippen molar-refractivity contribution in [1.29, 1.82) is 0 Å². The van der Waals surface area contributed by atoms with Gasteiger partial charge < -0.3 is 14.8 Å². The molecule has 0 amide bonds. The SMILES string of the molecule is CCC1=C2[C@@H](CC/C(C)=C/c3cc(Br)ccc3O)OB(O)C[C@@H]2S(=O)(=O)C1. The van der Waals surface area contributed by atoms with Gasteiger partial charge in [-0.2, -0.15) is 0 Å². The van der Waals surface area contributed by atoms with Gasteiger partial charge in [0.05, 0.1) is 17.1 Å². The molecule has 2 N–H and O–H groups in total. The van der Waals surface area contributed by atoms with Gasteiger partial charge in [-0.25, -0.2) is 8.42 Å². The Morgan fingerprint density at radius 3 is 2.89 bits per heavy atom. The number of hydrogen-bond acceptors (Lipinski definition) is 5. The van der Waals surface area contributed by atoms with Crippen molar-refractivity contribution in [1.82, 2.24) is 0 Å². The number of aromatic hydroxyl groups is 1. The minimum absolute atomic E-state index is 0.0802. The molecule has 0 spiro atoms. The maximum Gasteiger partial charge on any atom is 0.456 e. The van der Waals surface area contributed by atoms with Crippen molar-refractivity contribution in [2.45, 2.75) is 50.8 Å². The van der Waals surface area contributed by atoms with Gasteiger partial charge in [-0.05, 0) is 50.0 Å². The molecule has 2 aliphatic heterocycles. The van der Waals surface area contributed by atoms with Crippen molar-refractivity contribution in [3.05, 3.63) is 45.0 Å². The molecule has 0 bridgehead atoms. The minimum atomic E-state index is -3.24. The van der Waals surface area contributed by atoms with Gasteiger partial charge in [0.15, 0.2) is 9.84 Å². The van der Waals surface area contributed by atoms with Crippen molar-refractivity contribution in [3.63, 3.8) is 0 Å². The van der Waals surface area contributed by atoms with E-state index in [1.165, 1.54) is 0 Å². The number of rotatable bonds is 5. The van der Waals surface area contributed by atoms with Gasteiger partial charge in [0.25, 0.3) is 0 Å². The molecule has 1 fully saturated rings. The van der Waals surface area contributed by atoms with Crippen LogP contribution < -0.4 is 0 Å². The van der Waals surface area contributed by atoms with Crippen molar-refractivity contribution in [2.75, 3.05) is 5.75 Å². The first-order valence-corrected chi connectivity index (χ1v) is 11.6. The van der Waals surface area contributed by atoms with Gasteiger partial charge in [0.1, 0.15) is 5.75 Å². The third-order valence-electron chi connectivity index (χ3n) is 5.27. The predicted molar refractivity (Wildman–Crippen MR) is 111 cm³/mol. The van der Waals surface area contributed by atoms with Gasteiger partial charge in [-0.3, -0.25) is 0 Å². The van der Waals surface area contributed by atoms with E-state index in [9.17, 15) is 18.5 Å². The molecule has 146 valence electrons.